The first-order valence-corrected chi connectivity index (χ1v) is 4.45. The van der Waals surface area contributed by atoms with E-state index in [0.717, 1.165) is 0 Å². The number of nitrogens with zero attached hydrogens (tertiary/aromatic N) is 1. The van der Waals surface area contributed by atoms with Gasteiger partial charge >= 0.3 is 0 Å². The van der Waals surface area contributed by atoms with Gasteiger partial charge in [-0.25, -0.2) is 0 Å². The van der Waals surface area contributed by atoms with Crippen molar-refractivity contribution in [1.82, 2.24) is 5.32 Å². The molecule has 2 aliphatic heterocycles. The minimum Gasteiger partial charge on any atom is -0.366 e. The summed E-state index contributed by atoms with van der Waals surface area (Å²) < 4.78 is 0. The van der Waals surface area contributed by atoms with Crippen LogP contribution in [0.1, 0.15) is 13.8 Å². The highest BCUT2D eigenvalue weighted by Gasteiger charge is 2.25. The number of allylic oxidation sites excluding steroid dienone is 2. The van der Waals surface area contributed by atoms with Crippen LogP contribution in [0.15, 0.2) is 28.9 Å². The Morgan fingerprint density at radius 2 is 2.33 bits per heavy atom. The summed E-state index contributed by atoms with van der Waals surface area (Å²) in [6, 6.07) is 0. The molecule has 2 heterocycles. The summed E-state index contributed by atoms with van der Waals surface area (Å²) in [5.74, 6) is 1.06. The van der Waals surface area contributed by atoms with Crippen molar-refractivity contribution in [1.29, 1.82) is 0 Å². The van der Waals surface area contributed by atoms with Gasteiger partial charge in [-0.15, -0.1) is 0 Å². The Morgan fingerprint density at radius 1 is 1.50 bits per heavy atom. The summed E-state index contributed by atoms with van der Waals surface area (Å²) >= 11 is 0. The summed E-state index contributed by atoms with van der Waals surface area (Å²) in [5, 5.41) is 3.40. The van der Waals surface area contributed by atoms with Crippen LogP contribution in [0.3, 0.4) is 0 Å². The number of hydrogen-bond donors (Lipinski definition) is 1. The van der Waals surface area contributed by atoms with Crippen LogP contribution in [0.4, 0.5) is 0 Å². The highest BCUT2D eigenvalue weighted by atomic mass is 15.1. The predicted molar refractivity (Wildman–Crippen MR) is 51.0 cm³/mol. The third-order valence-electron chi connectivity index (χ3n) is 2.34. The van der Waals surface area contributed by atoms with Crippen molar-refractivity contribution in [2.45, 2.75) is 20.0 Å². The molecule has 2 atom stereocenters. The van der Waals surface area contributed by atoms with E-state index in [2.05, 4.69) is 36.3 Å². The fraction of sp³-hybridized carbons (Fsp3) is 0.500. The van der Waals surface area contributed by atoms with Crippen molar-refractivity contribution in [2.24, 2.45) is 16.8 Å². The van der Waals surface area contributed by atoms with Crippen LogP contribution < -0.4 is 5.32 Å². The van der Waals surface area contributed by atoms with Crippen LogP contribution in [-0.4, -0.2) is 12.4 Å². The average Bonchev–Trinajstić information content (AvgIpc) is 2.46. The van der Waals surface area contributed by atoms with Gasteiger partial charge in [0.15, 0.2) is 0 Å². The molecule has 2 nitrogen and oxygen atoms in total. The van der Waals surface area contributed by atoms with E-state index in [4.69, 9.17) is 0 Å². The molecule has 0 fully saturated rings. The number of nitrogens with one attached hydrogen (secondary N) is 1. The zero-order valence-electron chi connectivity index (χ0n) is 7.49. The van der Waals surface area contributed by atoms with Gasteiger partial charge in [-0.3, -0.25) is 4.99 Å². The first-order chi connectivity index (χ1) is 5.77. The van der Waals surface area contributed by atoms with Crippen molar-refractivity contribution < 1.29 is 0 Å². The second-order valence-corrected chi connectivity index (χ2v) is 3.63. The van der Waals surface area contributed by atoms with E-state index in [1.54, 1.807) is 0 Å². The molecule has 1 N–H and O–H groups in total. The lowest BCUT2D eigenvalue weighted by molar-refractivity contribution is 0.539. The van der Waals surface area contributed by atoms with Crippen molar-refractivity contribution in [3.05, 3.63) is 23.9 Å². The quantitative estimate of drug-likeness (QED) is 0.623. The molecule has 2 aliphatic rings. The fourth-order valence-corrected chi connectivity index (χ4v) is 1.59. The van der Waals surface area contributed by atoms with Gasteiger partial charge in [0.05, 0.1) is 0 Å². The Labute approximate surface area is 73.1 Å². The van der Waals surface area contributed by atoms with E-state index in [9.17, 15) is 0 Å². The number of fused-ring (bicyclic) bond motifs is 1. The van der Waals surface area contributed by atoms with Gasteiger partial charge in [0.1, 0.15) is 6.17 Å². The van der Waals surface area contributed by atoms with Crippen LogP contribution in [0.5, 0.6) is 0 Å². The molecule has 0 aromatic heterocycles. The monoisotopic (exact) mass is 162 g/mol. The van der Waals surface area contributed by atoms with Crippen molar-refractivity contribution in [3.8, 4) is 0 Å². The van der Waals surface area contributed by atoms with E-state index in [1.165, 1.54) is 5.70 Å². The summed E-state index contributed by atoms with van der Waals surface area (Å²) in [5.41, 5.74) is 1.33. The highest BCUT2D eigenvalue weighted by Crippen LogP contribution is 2.24. The zero-order chi connectivity index (χ0) is 8.55. The van der Waals surface area contributed by atoms with E-state index < -0.39 is 0 Å². The first-order valence-electron chi connectivity index (χ1n) is 4.45. The SMILES string of the molecule is CC(C)C1=CC2C=CC=NC2N1. The smallest absolute Gasteiger partial charge is 0.128 e. The number of hydrogen-bond acceptors (Lipinski definition) is 2. The third kappa shape index (κ3) is 1.17. The van der Waals surface area contributed by atoms with Crippen LogP contribution in [-0.2, 0) is 0 Å². The topological polar surface area (TPSA) is 24.4 Å². The van der Waals surface area contributed by atoms with Gasteiger partial charge in [0, 0.05) is 17.8 Å². The normalized spacial score (nSPS) is 31.8. The molecule has 2 heteroatoms. The zero-order valence-corrected chi connectivity index (χ0v) is 7.49. The summed E-state index contributed by atoms with van der Waals surface area (Å²) in [7, 11) is 0. The van der Waals surface area contributed by atoms with Crippen LogP contribution in [0.25, 0.3) is 0 Å². The molecule has 0 spiro atoms. The molecular weight excluding hydrogens is 148 g/mol. The maximum Gasteiger partial charge on any atom is 0.128 e. The van der Waals surface area contributed by atoms with Crippen molar-refractivity contribution in [2.75, 3.05) is 0 Å². The lowest BCUT2D eigenvalue weighted by atomic mass is 10.0. The average molecular weight is 162 g/mol. The molecule has 64 valence electrons. The number of dihydropyridines is 1. The summed E-state index contributed by atoms with van der Waals surface area (Å²) in [6.45, 7) is 4.40. The molecule has 0 aromatic carbocycles. The van der Waals surface area contributed by atoms with Gasteiger partial charge in [0.25, 0.3) is 0 Å². The van der Waals surface area contributed by atoms with E-state index >= 15 is 0 Å². The van der Waals surface area contributed by atoms with Gasteiger partial charge in [-0.2, -0.15) is 0 Å². The van der Waals surface area contributed by atoms with E-state index in [-0.39, 0.29) is 6.17 Å². The summed E-state index contributed by atoms with van der Waals surface area (Å²) in [4.78, 5) is 4.35. The lowest BCUT2D eigenvalue weighted by Gasteiger charge is -2.16. The largest absolute Gasteiger partial charge is 0.366 e. The standard InChI is InChI=1S/C10H14N2/c1-7(2)9-6-8-4-3-5-11-10(8)12-9/h3-8,10,12H,1-2H3. The van der Waals surface area contributed by atoms with Crippen LogP contribution >= 0.6 is 0 Å². The molecule has 0 amide bonds. The maximum absolute atomic E-state index is 4.35. The van der Waals surface area contributed by atoms with Crippen LogP contribution in [0.2, 0.25) is 0 Å². The van der Waals surface area contributed by atoms with E-state index in [0.29, 0.717) is 11.8 Å². The fourth-order valence-electron chi connectivity index (χ4n) is 1.59. The Bertz CT molecular complexity index is 261. The second kappa shape index (κ2) is 2.77. The molecule has 0 aromatic rings. The Balaban J connectivity index is 2.16. The van der Waals surface area contributed by atoms with Gasteiger partial charge < -0.3 is 5.32 Å². The predicted octanol–water partition coefficient (Wildman–Crippen LogP) is 1.71. The summed E-state index contributed by atoms with van der Waals surface area (Å²) in [6.07, 6.45) is 8.63. The Morgan fingerprint density at radius 3 is 3.00 bits per heavy atom. The lowest BCUT2D eigenvalue weighted by Crippen LogP contribution is -2.28. The molecule has 0 bridgehead atoms. The van der Waals surface area contributed by atoms with E-state index in [1.807, 2.05) is 12.3 Å². The van der Waals surface area contributed by atoms with Crippen LogP contribution in [0, 0.1) is 11.8 Å². The molecule has 0 aliphatic carbocycles. The third-order valence-corrected chi connectivity index (χ3v) is 2.34. The molecular formula is C10H14N2. The molecule has 2 unspecified atom stereocenters. The maximum atomic E-state index is 4.35. The molecule has 0 radical (unpaired) electrons. The Hall–Kier alpha value is -1.05. The molecule has 0 saturated carbocycles. The van der Waals surface area contributed by atoms with Gasteiger partial charge in [0.2, 0.25) is 0 Å². The second-order valence-electron chi connectivity index (χ2n) is 3.63. The number of aliphatic imine (C=N–C) groups is 1. The molecule has 2 rings (SSSR count). The van der Waals surface area contributed by atoms with Gasteiger partial charge in [-0.1, -0.05) is 26.0 Å². The molecule has 12 heavy (non-hydrogen) atoms. The van der Waals surface area contributed by atoms with Crippen molar-refractivity contribution in [3.63, 3.8) is 0 Å². The number of rotatable bonds is 1. The van der Waals surface area contributed by atoms with Gasteiger partial charge in [-0.05, 0) is 12.0 Å². The van der Waals surface area contributed by atoms with Crippen molar-refractivity contribution >= 4 is 6.21 Å². The Kier molecular flexibility index (Phi) is 1.75. The molecule has 0 saturated heterocycles. The first kappa shape index (κ1) is 7.59. The minimum atomic E-state index is 0.271. The highest BCUT2D eigenvalue weighted by molar-refractivity contribution is 5.72. The minimum absolute atomic E-state index is 0.271.